The van der Waals surface area contributed by atoms with Gasteiger partial charge >= 0.3 is 27.4 Å². The largest absolute Gasteiger partial charge is 0.452 e. The Hall–Kier alpha value is -3.91. The van der Waals surface area contributed by atoms with Crippen LogP contribution in [0.2, 0.25) is 0 Å². The summed E-state index contributed by atoms with van der Waals surface area (Å²) in [5.74, 6) is -1.88. The number of halogens is 2. The first-order chi connectivity index (χ1) is 21.7. The lowest BCUT2D eigenvalue weighted by Gasteiger charge is -2.33. The van der Waals surface area contributed by atoms with Crippen LogP contribution in [0.5, 0.6) is 0 Å². The maximum absolute atomic E-state index is 14.5. The standard InChI is InChI=1S/C17H15F2NO4S2.C16H15NO2S/c1-10-4-6-14-12(8-10)20(13-9-11(2)5-7-15(13)25-14)16(21)17(18,19)26(22,23)24-3;1-10-4-6-14-12(8-10)17(16(18)19-3)13-9-11(2)5-7-15(13)20-14/h4-9H,1-3H3;4-9H,1-3H3. The Morgan fingerprint density at radius 3 is 1.26 bits per heavy atom. The number of aryl methyl sites for hydroxylation is 4. The van der Waals surface area contributed by atoms with E-state index in [1.807, 2.05) is 38.1 Å². The van der Waals surface area contributed by atoms with E-state index in [0.717, 1.165) is 48.3 Å². The lowest BCUT2D eigenvalue weighted by Crippen LogP contribution is -2.47. The number of hydrogen-bond donors (Lipinski definition) is 0. The van der Waals surface area contributed by atoms with E-state index in [1.54, 1.807) is 66.9 Å². The van der Waals surface area contributed by atoms with Crippen molar-refractivity contribution in [3.8, 4) is 0 Å². The van der Waals surface area contributed by atoms with Crippen molar-refractivity contribution in [2.75, 3.05) is 24.0 Å². The molecule has 13 heteroatoms. The van der Waals surface area contributed by atoms with E-state index < -0.39 is 21.3 Å². The first kappa shape index (κ1) is 33.5. The number of anilines is 4. The van der Waals surface area contributed by atoms with Crippen molar-refractivity contribution in [2.24, 2.45) is 0 Å². The van der Waals surface area contributed by atoms with E-state index in [0.29, 0.717) is 16.9 Å². The summed E-state index contributed by atoms with van der Waals surface area (Å²) in [6.07, 6.45) is -0.357. The smallest absolute Gasteiger partial charge is 0.447 e. The fourth-order valence-corrected chi connectivity index (χ4v) is 7.45. The normalized spacial score (nSPS) is 13.4. The van der Waals surface area contributed by atoms with Gasteiger partial charge in [0.1, 0.15) is 0 Å². The molecule has 6 rings (SSSR count). The number of methoxy groups -OCH3 is 1. The molecule has 0 saturated carbocycles. The maximum atomic E-state index is 14.5. The van der Waals surface area contributed by atoms with Crippen molar-refractivity contribution in [3.05, 3.63) is 95.1 Å². The fraction of sp³-hybridized carbons (Fsp3) is 0.212. The molecule has 2 heterocycles. The maximum Gasteiger partial charge on any atom is 0.447 e. The molecule has 0 atom stereocenters. The molecule has 240 valence electrons. The van der Waals surface area contributed by atoms with Crippen molar-refractivity contribution in [2.45, 2.75) is 52.5 Å². The molecule has 8 nitrogen and oxygen atoms in total. The molecule has 46 heavy (non-hydrogen) atoms. The number of fused-ring (bicyclic) bond motifs is 4. The summed E-state index contributed by atoms with van der Waals surface area (Å²) in [6.45, 7) is 7.55. The Kier molecular flexibility index (Phi) is 9.24. The molecule has 0 aromatic heterocycles. The quantitative estimate of drug-likeness (QED) is 0.198. The van der Waals surface area contributed by atoms with E-state index in [1.165, 1.54) is 18.9 Å². The predicted molar refractivity (Wildman–Crippen MR) is 176 cm³/mol. The van der Waals surface area contributed by atoms with Crippen molar-refractivity contribution >= 4 is 68.4 Å². The lowest BCUT2D eigenvalue weighted by atomic mass is 10.1. The van der Waals surface area contributed by atoms with Crippen LogP contribution in [0.15, 0.2) is 92.4 Å². The first-order valence-electron chi connectivity index (χ1n) is 13.9. The van der Waals surface area contributed by atoms with Gasteiger partial charge in [0.2, 0.25) is 0 Å². The Morgan fingerprint density at radius 2 is 0.957 bits per heavy atom. The van der Waals surface area contributed by atoms with E-state index in [2.05, 4.69) is 16.3 Å². The van der Waals surface area contributed by atoms with Gasteiger partial charge in [-0.05, 0) is 98.5 Å². The highest BCUT2D eigenvalue weighted by molar-refractivity contribution is 8.00. The molecule has 0 bridgehead atoms. The highest BCUT2D eigenvalue weighted by Gasteiger charge is 2.57. The highest BCUT2D eigenvalue weighted by Crippen LogP contribution is 2.51. The number of carbonyl (C=O) groups is 2. The number of alkyl halides is 2. The van der Waals surface area contributed by atoms with Crippen LogP contribution in [0.25, 0.3) is 0 Å². The number of rotatable bonds is 3. The number of ether oxygens (including phenoxy) is 1. The van der Waals surface area contributed by atoms with Gasteiger partial charge in [0.25, 0.3) is 0 Å². The first-order valence-corrected chi connectivity index (χ1v) is 16.9. The van der Waals surface area contributed by atoms with Gasteiger partial charge in [-0.1, -0.05) is 47.8 Å². The average molecular weight is 685 g/mol. The van der Waals surface area contributed by atoms with Crippen LogP contribution in [0.4, 0.5) is 36.3 Å². The summed E-state index contributed by atoms with van der Waals surface area (Å²) in [7, 11) is -3.40. The summed E-state index contributed by atoms with van der Waals surface area (Å²) < 4.78 is 61.1. The number of hydrogen-bond acceptors (Lipinski definition) is 8. The SMILES string of the molecule is COC(=O)N1c2cc(C)ccc2Sc2ccc(C)cc21.COS(=O)(=O)C(F)(F)C(=O)N1c2cc(C)ccc2Sc2ccc(C)cc21. The molecule has 2 aliphatic rings. The lowest BCUT2D eigenvalue weighted by molar-refractivity contribution is -0.132. The number of benzene rings is 4. The molecule has 0 radical (unpaired) electrons. The number of carbonyl (C=O) groups excluding carboxylic acids is 2. The molecule has 0 unspecified atom stereocenters. The molecular weight excluding hydrogens is 655 g/mol. The molecule has 0 N–H and O–H groups in total. The highest BCUT2D eigenvalue weighted by atomic mass is 32.2. The van der Waals surface area contributed by atoms with E-state index >= 15 is 0 Å². The minimum Gasteiger partial charge on any atom is -0.452 e. The molecule has 0 saturated heterocycles. The van der Waals surface area contributed by atoms with E-state index in [-0.39, 0.29) is 17.5 Å². The molecule has 0 fully saturated rings. The van der Waals surface area contributed by atoms with Crippen LogP contribution < -0.4 is 9.80 Å². The second kappa shape index (κ2) is 12.7. The minimum atomic E-state index is -5.40. The van der Waals surface area contributed by atoms with Gasteiger partial charge in [-0.15, -0.1) is 0 Å². The Morgan fingerprint density at radius 1 is 0.630 bits per heavy atom. The van der Waals surface area contributed by atoms with Crippen LogP contribution in [-0.4, -0.2) is 39.9 Å². The zero-order chi connectivity index (χ0) is 33.6. The molecule has 0 spiro atoms. The third-order valence-electron chi connectivity index (χ3n) is 7.20. The molecule has 0 aliphatic carbocycles. The van der Waals surface area contributed by atoms with Crippen LogP contribution in [-0.2, 0) is 23.8 Å². The summed E-state index contributed by atoms with van der Waals surface area (Å²) >= 11 is 3.01. The van der Waals surface area contributed by atoms with E-state index in [9.17, 15) is 26.8 Å². The Labute approximate surface area is 274 Å². The second-order valence-electron chi connectivity index (χ2n) is 10.7. The third-order valence-corrected chi connectivity index (χ3v) is 10.7. The molecule has 2 amide bonds. The van der Waals surface area contributed by atoms with E-state index in [4.69, 9.17) is 4.74 Å². The Balaban J connectivity index is 0.000000187. The summed E-state index contributed by atoms with van der Waals surface area (Å²) in [5.41, 5.74) is 5.93. The summed E-state index contributed by atoms with van der Waals surface area (Å²) in [4.78, 5) is 30.6. The van der Waals surface area contributed by atoms with Crippen molar-refractivity contribution < 1.29 is 35.7 Å². The fourth-order valence-electron chi connectivity index (χ4n) is 4.90. The molecular formula is C33H30F2N2O6S3. The topological polar surface area (TPSA) is 93.2 Å². The van der Waals surface area contributed by atoms with Gasteiger partial charge in [0.05, 0.1) is 37.0 Å². The predicted octanol–water partition coefficient (Wildman–Crippen LogP) is 8.67. The van der Waals surface area contributed by atoms with Crippen LogP contribution >= 0.6 is 23.5 Å². The second-order valence-corrected chi connectivity index (χ2v) is 14.6. The average Bonchev–Trinajstić information content (AvgIpc) is 3.02. The van der Waals surface area contributed by atoms with Crippen LogP contribution in [0.1, 0.15) is 22.3 Å². The van der Waals surface area contributed by atoms with Gasteiger partial charge in [-0.25, -0.2) is 9.69 Å². The minimum absolute atomic E-state index is 0.212. The van der Waals surface area contributed by atoms with Gasteiger partial charge in [0.15, 0.2) is 0 Å². The number of amides is 2. The molecule has 4 aromatic rings. The molecule has 4 aromatic carbocycles. The summed E-state index contributed by atoms with van der Waals surface area (Å²) in [6, 6.07) is 22.4. The van der Waals surface area contributed by atoms with Crippen LogP contribution in [0.3, 0.4) is 0 Å². The zero-order valence-corrected chi connectivity index (χ0v) is 28.2. The van der Waals surface area contributed by atoms with Gasteiger partial charge < -0.3 is 4.74 Å². The number of nitrogens with zero attached hydrogens (tertiary/aromatic N) is 2. The van der Waals surface area contributed by atoms with Crippen molar-refractivity contribution in [1.82, 2.24) is 0 Å². The Bertz CT molecular complexity index is 1880. The van der Waals surface area contributed by atoms with Gasteiger partial charge in [-0.2, -0.15) is 17.2 Å². The zero-order valence-electron chi connectivity index (χ0n) is 25.8. The van der Waals surface area contributed by atoms with Crippen molar-refractivity contribution in [3.63, 3.8) is 0 Å². The van der Waals surface area contributed by atoms with Gasteiger partial charge in [0, 0.05) is 19.6 Å². The van der Waals surface area contributed by atoms with Gasteiger partial charge in [-0.3, -0.25) is 13.9 Å². The van der Waals surface area contributed by atoms with Crippen LogP contribution in [0, 0.1) is 27.7 Å². The summed E-state index contributed by atoms with van der Waals surface area (Å²) in [5, 5.41) is -4.73. The monoisotopic (exact) mass is 684 g/mol. The third kappa shape index (κ3) is 6.11. The molecule has 2 aliphatic heterocycles. The van der Waals surface area contributed by atoms with Crippen molar-refractivity contribution in [1.29, 1.82) is 0 Å².